The highest BCUT2D eigenvalue weighted by Gasteiger charge is 2.14. The zero-order valence-electron chi connectivity index (χ0n) is 13.9. The van der Waals surface area contributed by atoms with Gasteiger partial charge in [0, 0.05) is 6.07 Å². The van der Waals surface area contributed by atoms with Crippen LogP contribution in [0.2, 0.25) is 0 Å². The van der Waals surface area contributed by atoms with Gasteiger partial charge in [-0.15, -0.1) is 0 Å². The fourth-order valence-electron chi connectivity index (χ4n) is 2.64. The summed E-state index contributed by atoms with van der Waals surface area (Å²) >= 11 is 0. The zero-order valence-corrected chi connectivity index (χ0v) is 14.7. The quantitative estimate of drug-likeness (QED) is 0.646. The van der Waals surface area contributed by atoms with Gasteiger partial charge in [-0.2, -0.15) is 0 Å². The number of carbonyl (C=O) groups is 1. The molecule has 0 unspecified atom stereocenters. The topological polar surface area (TPSA) is 105 Å². The van der Waals surface area contributed by atoms with Gasteiger partial charge in [0.2, 0.25) is 21.9 Å². The van der Waals surface area contributed by atoms with E-state index in [0.29, 0.717) is 24.1 Å². The summed E-state index contributed by atoms with van der Waals surface area (Å²) in [4.78, 5) is 23.1. The van der Waals surface area contributed by atoms with Crippen molar-refractivity contribution in [1.29, 1.82) is 0 Å². The molecule has 3 rings (SSSR count). The van der Waals surface area contributed by atoms with Crippen LogP contribution in [-0.2, 0) is 21.2 Å². The molecule has 0 atom stereocenters. The van der Waals surface area contributed by atoms with Crippen LogP contribution in [0.15, 0.2) is 57.9 Å². The van der Waals surface area contributed by atoms with Crippen LogP contribution < -0.4 is 15.5 Å². The van der Waals surface area contributed by atoms with Gasteiger partial charge in [0.1, 0.15) is 17.5 Å². The summed E-state index contributed by atoms with van der Waals surface area (Å²) < 4.78 is 31.2. The predicted octanol–water partition coefficient (Wildman–Crippen LogP) is 2.32. The SMILES string of the molecule is CS(=O)(=O)Nc1cc2occ(NC=O)c(=O)c2cc1Cc1ccccc1. The Morgan fingerprint density at radius 1 is 1.12 bits per heavy atom. The van der Waals surface area contributed by atoms with Gasteiger partial charge in [0.15, 0.2) is 0 Å². The van der Waals surface area contributed by atoms with Crippen molar-refractivity contribution < 1.29 is 17.6 Å². The van der Waals surface area contributed by atoms with E-state index in [4.69, 9.17) is 4.42 Å². The summed E-state index contributed by atoms with van der Waals surface area (Å²) in [5.41, 5.74) is 1.73. The Morgan fingerprint density at radius 3 is 2.50 bits per heavy atom. The molecule has 0 fully saturated rings. The molecule has 0 saturated carbocycles. The summed E-state index contributed by atoms with van der Waals surface area (Å²) in [7, 11) is -3.52. The first-order valence-corrected chi connectivity index (χ1v) is 9.57. The van der Waals surface area contributed by atoms with E-state index in [1.54, 1.807) is 6.07 Å². The van der Waals surface area contributed by atoms with E-state index in [2.05, 4.69) is 10.0 Å². The van der Waals surface area contributed by atoms with E-state index in [9.17, 15) is 18.0 Å². The highest BCUT2D eigenvalue weighted by atomic mass is 32.2. The van der Waals surface area contributed by atoms with Crippen molar-refractivity contribution in [2.75, 3.05) is 16.3 Å². The first kappa shape index (κ1) is 17.7. The number of hydrogen-bond donors (Lipinski definition) is 2. The van der Waals surface area contributed by atoms with Crippen molar-refractivity contribution in [3.05, 3.63) is 70.1 Å². The predicted molar refractivity (Wildman–Crippen MR) is 99.9 cm³/mol. The first-order chi connectivity index (χ1) is 12.4. The van der Waals surface area contributed by atoms with Gasteiger partial charge in [-0.25, -0.2) is 8.42 Å². The molecule has 2 N–H and O–H groups in total. The average molecular weight is 372 g/mol. The zero-order chi connectivity index (χ0) is 18.7. The maximum Gasteiger partial charge on any atom is 0.229 e. The fraction of sp³-hybridized carbons (Fsp3) is 0.111. The molecule has 1 amide bonds. The second-order valence-corrected chi connectivity index (χ2v) is 7.53. The van der Waals surface area contributed by atoms with Crippen LogP contribution in [0.4, 0.5) is 11.4 Å². The van der Waals surface area contributed by atoms with E-state index in [0.717, 1.165) is 18.1 Å². The molecule has 26 heavy (non-hydrogen) atoms. The number of carbonyl (C=O) groups excluding carboxylic acids is 1. The Kier molecular flexibility index (Phi) is 4.77. The van der Waals surface area contributed by atoms with Crippen LogP contribution in [0.5, 0.6) is 0 Å². The summed E-state index contributed by atoms with van der Waals surface area (Å²) in [5.74, 6) is 0. The molecular formula is C18H16N2O5S. The van der Waals surface area contributed by atoms with Crippen LogP contribution in [0.25, 0.3) is 11.0 Å². The van der Waals surface area contributed by atoms with Crippen LogP contribution in [-0.4, -0.2) is 21.1 Å². The van der Waals surface area contributed by atoms with Crippen molar-refractivity contribution in [1.82, 2.24) is 0 Å². The number of fused-ring (bicyclic) bond motifs is 1. The third kappa shape index (κ3) is 3.92. The van der Waals surface area contributed by atoms with E-state index >= 15 is 0 Å². The molecule has 2 aromatic carbocycles. The average Bonchev–Trinajstić information content (AvgIpc) is 2.58. The molecule has 1 heterocycles. The Hall–Kier alpha value is -3.13. The molecule has 0 aliphatic heterocycles. The van der Waals surface area contributed by atoms with Crippen LogP contribution in [0, 0.1) is 0 Å². The Morgan fingerprint density at radius 2 is 1.85 bits per heavy atom. The molecule has 0 spiro atoms. The smallest absolute Gasteiger partial charge is 0.229 e. The van der Waals surface area contributed by atoms with E-state index in [1.807, 2.05) is 30.3 Å². The number of nitrogens with one attached hydrogen (secondary N) is 2. The molecular weight excluding hydrogens is 356 g/mol. The van der Waals surface area contributed by atoms with Crippen LogP contribution in [0.1, 0.15) is 11.1 Å². The summed E-state index contributed by atoms with van der Waals surface area (Å²) in [6.45, 7) is 0. The number of benzene rings is 2. The minimum Gasteiger partial charge on any atom is -0.462 e. The Labute approximate surface area is 149 Å². The minimum absolute atomic E-state index is 0.0157. The number of rotatable bonds is 6. The van der Waals surface area contributed by atoms with Gasteiger partial charge in [0.25, 0.3) is 0 Å². The van der Waals surface area contributed by atoms with Crippen molar-refractivity contribution in [2.24, 2.45) is 0 Å². The molecule has 0 aliphatic carbocycles. The summed E-state index contributed by atoms with van der Waals surface area (Å²) in [5, 5.41) is 2.54. The van der Waals surface area contributed by atoms with Gasteiger partial charge in [-0.3, -0.25) is 14.3 Å². The lowest BCUT2D eigenvalue weighted by Crippen LogP contribution is -2.13. The lowest BCUT2D eigenvalue weighted by atomic mass is 10.0. The first-order valence-electron chi connectivity index (χ1n) is 7.68. The Bertz CT molecular complexity index is 1120. The standard InChI is InChI=1S/C18H16N2O5S/c1-26(23,24)20-15-9-17-14(18(22)16(10-25-17)19-11-21)8-13(15)7-12-5-3-2-4-6-12/h2-6,8-11,20H,7H2,1H3,(H,19,21). The van der Waals surface area contributed by atoms with E-state index in [-0.39, 0.29) is 16.7 Å². The van der Waals surface area contributed by atoms with Gasteiger partial charge in [-0.1, -0.05) is 30.3 Å². The van der Waals surface area contributed by atoms with Crippen molar-refractivity contribution in [3.8, 4) is 0 Å². The van der Waals surface area contributed by atoms with Crippen molar-refractivity contribution in [2.45, 2.75) is 6.42 Å². The lowest BCUT2D eigenvalue weighted by Gasteiger charge is -2.12. The maximum absolute atomic E-state index is 12.5. The lowest BCUT2D eigenvalue weighted by molar-refractivity contribution is -0.105. The number of hydrogen-bond acceptors (Lipinski definition) is 5. The molecule has 0 radical (unpaired) electrons. The molecule has 1 aromatic heterocycles. The molecule has 8 heteroatoms. The fourth-order valence-corrected chi connectivity index (χ4v) is 3.23. The molecule has 134 valence electrons. The summed E-state index contributed by atoms with van der Waals surface area (Å²) in [6, 6.07) is 12.5. The number of sulfonamides is 1. The van der Waals surface area contributed by atoms with Crippen molar-refractivity contribution in [3.63, 3.8) is 0 Å². The second kappa shape index (κ2) is 7.01. The minimum atomic E-state index is -3.52. The van der Waals surface area contributed by atoms with Crippen LogP contribution >= 0.6 is 0 Å². The third-order valence-corrected chi connectivity index (χ3v) is 4.34. The summed E-state index contributed by atoms with van der Waals surface area (Å²) in [6.07, 6.45) is 2.99. The van der Waals surface area contributed by atoms with E-state index < -0.39 is 15.5 Å². The molecule has 7 nitrogen and oxygen atoms in total. The van der Waals surface area contributed by atoms with Crippen molar-refractivity contribution >= 4 is 38.8 Å². The maximum atomic E-state index is 12.5. The second-order valence-electron chi connectivity index (χ2n) is 5.78. The Balaban J connectivity index is 2.19. The van der Waals surface area contributed by atoms with Gasteiger partial charge < -0.3 is 9.73 Å². The van der Waals surface area contributed by atoms with Gasteiger partial charge in [0.05, 0.1) is 17.3 Å². The third-order valence-electron chi connectivity index (χ3n) is 3.75. The molecule has 0 bridgehead atoms. The normalized spacial score (nSPS) is 11.3. The largest absolute Gasteiger partial charge is 0.462 e. The molecule has 3 aromatic rings. The van der Waals surface area contributed by atoms with Crippen LogP contribution in [0.3, 0.4) is 0 Å². The van der Waals surface area contributed by atoms with E-state index in [1.165, 1.54) is 6.07 Å². The molecule has 0 saturated heterocycles. The number of anilines is 2. The van der Waals surface area contributed by atoms with Gasteiger partial charge in [-0.05, 0) is 23.6 Å². The highest BCUT2D eigenvalue weighted by Crippen LogP contribution is 2.26. The number of amides is 1. The monoisotopic (exact) mass is 372 g/mol. The molecule has 0 aliphatic rings. The highest BCUT2D eigenvalue weighted by molar-refractivity contribution is 7.92. The van der Waals surface area contributed by atoms with Gasteiger partial charge >= 0.3 is 0 Å².